The first-order valence-electron chi connectivity index (χ1n) is 23.6. The highest BCUT2D eigenvalue weighted by Crippen LogP contribution is 2.38. The van der Waals surface area contributed by atoms with E-state index >= 15 is 0 Å². The van der Waals surface area contributed by atoms with Crippen LogP contribution in [0, 0.1) is 0 Å². The van der Waals surface area contributed by atoms with Gasteiger partial charge in [-0.05, 0) is 19.3 Å². The van der Waals surface area contributed by atoms with Gasteiger partial charge in [-0.2, -0.15) is 0 Å². The van der Waals surface area contributed by atoms with Crippen LogP contribution in [-0.2, 0) is 32.7 Å². The zero-order valence-corrected chi connectivity index (χ0v) is 38.7. The van der Waals surface area contributed by atoms with Crippen LogP contribution >= 0.6 is 7.82 Å². The molecule has 0 aromatic carbocycles. The number of carbonyl (C=O) groups excluding carboxylic acids is 2. The van der Waals surface area contributed by atoms with Crippen molar-refractivity contribution in [1.82, 2.24) is 0 Å². The Morgan fingerprint density at radius 1 is 0.579 bits per heavy atom. The maximum atomic E-state index is 12.7. The molecule has 336 valence electrons. The lowest BCUT2D eigenvalue weighted by Gasteiger charge is -2.28. The van der Waals surface area contributed by atoms with E-state index in [2.05, 4.69) is 13.8 Å². The summed E-state index contributed by atoms with van der Waals surface area (Å²) in [6, 6.07) is 0. The van der Waals surface area contributed by atoms with E-state index in [4.69, 9.17) is 18.5 Å². The molecule has 0 amide bonds. The molecular weight excluding hydrogens is 737 g/mol. The second-order valence-corrected chi connectivity index (χ2v) is 18.6. The summed E-state index contributed by atoms with van der Waals surface area (Å²) in [6.07, 6.45) is 44.1. The third-order valence-electron chi connectivity index (χ3n) is 10.3. The number of likely N-dealkylation sites (N-methyl/N-ethyl adjacent to an activating group) is 1. The summed E-state index contributed by atoms with van der Waals surface area (Å²) < 4.78 is 33.8. The van der Waals surface area contributed by atoms with Crippen molar-refractivity contribution in [3.63, 3.8) is 0 Å². The summed E-state index contributed by atoms with van der Waals surface area (Å²) >= 11 is 0. The smallest absolute Gasteiger partial charge is 0.330 e. The SMILES string of the molecule is CCCCCCCCCCCCC/C=C/C=C/C(=O)OC[C@H](COP(=O)([O-])OCC[N+](C)(C)C)OC(=O)CCCCCCCCCCCCCCCCCCCC. The molecule has 0 saturated heterocycles. The Morgan fingerprint density at radius 3 is 1.44 bits per heavy atom. The van der Waals surface area contributed by atoms with Gasteiger partial charge in [0.25, 0.3) is 7.82 Å². The van der Waals surface area contributed by atoms with Crippen molar-refractivity contribution in [3.8, 4) is 0 Å². The number of quaternary nitrogens is 1. The van der Waals surface area contributed by atoms with Gasteiger partial charge in [0, 0.05) is 12.5 Å². The second kappa shape index (κ2) is 39.9. The van der Waals surface area contributed by atoms with Crippen molar-refractivity contribution < 1.29 is 42.1 Å². The molecule has 0 spiro atoms. The molecule has 0 bridgehead atoms. The Hall–Kier alpha value is -1.51. The maximum absolute atomic E-state index is 12.7. The normalized spacial score (nSPS) is 13.7. The molecule has 0 aliphatic carbocycles. The molecule has 0 aromatic heterocycles. The van der Waals surface area contributed by atoms with Gasteiger partial charge in [-0.25, -0.2) is 4.79 Å². The number of hydrogen-bond donors (Lipinski definition) is 0. The van der Waals surface area contributed by atoms with Gasteiger partial charge in [0.15, 0.2) is 6.10 Å². The van der Waals surface area contributed by atoms with Gasteiger partial charge in [0.2, 0.25) is 0 Å². The molecular formula is C47H90NO8P. The largest absolute Gasteiger partial charge is 0.756 e. The monoisotopic (exact) mass is 828 g/mol. The molecule has 0 rings (SSSR count). The zero-order chi connectivity index (χ0) is 42.1. The Balaban J connectivity index is 4.37. The molecule has 2 atom stereocenters. The van der Waals surface area contributed by atoms with Crippen LogP contribution in [0.1, 0.15) is 213 Å². The number of phosphoric ester groups is 1. The highest BCUT2D eigenvalue weighted by atomic mass is 31.2. The van der Waals surface area contributed by atoms with Crippen LogP contribution in [0.2, 0.25) is 0 Å². The molecule has 0 aliphatic heterocycles. The van der Waals surface area contributed by atoms with Gasteiger partial charge < -0.3 is 27.9 Å². The molecule has 57 heavy (non-hydrogen) atoms. The van der Waals surface area contributed by atoms with Crippen LogP contribution in [0.3, 0.4) is 0 Å². The lowest BCUT2D eigenvalue weighted by molar-refractivity contribution is -0.870. The van der Waals surface area contributed by atoms with Gasteiger partial charge >= 0.3 is 11.9 Å². The number of esters is 2. The van der Waals surface area contributed by atoms with Gasteiger partial charge in [-0.3, -0.25) is 9.36 Å². The summed E-state index contributed by atoms with van der Waals surface area (Å²) in [4.78, 5) is 37.4. The average Bonchev–Trinajstić information content (AvgIpc) is 3.16. The van der Waals surface area contributed by atoms with Crippen molar-refractivity contribution in [2.45, 2.75) is 219 Å². The highest BCUT2D eigenvalue weighted by Gasteiger charge is 2.21. The van der Waals surface area contributed by atoms with Crippen LogP contribution < -0.4 is 4.89 Å². The maximum Gasteiger partial charge on any atom is 0.330 e. The number of rotatable bonds is 43. The summed E-state index contributed by atoms with van der Waals surface area (Å²) in [7, 11) is 1.13. The Morgan fingerprint density at radius 2 is 1.00 bits per heavy atom. The fourth-order valence-corrected chi connectivity index (χ4v) is 7.36. The second-order valence-electron chi connectivity index (χ2n) is 17.2. The fraction of sp³-hybridized carbons (Fsp3) is 0.872. The molecule has 0 heterocycles. The molecule has 1 unspecified atom stereocenters. The molecule has 0 N–H and O–H groups in total. The number of phosphoric acid groups is 1. The van der Waals surface area contributed by atoms with E-state index in [1.807, 2.05) is 33.3 Å². The van der Waals surface area contributed by atoms with E-state index in [0.717, 1.165) is 32.1 Å². The lowest BCUT2D eigenvalue weighted by atomic mass is 10.0. The first kappa shape index (κ1) is 55.5. The highest BCUT2D eigenvalue weighted by molar-refractivity contribution is 7.45. The first-order valence-corrected chi connectivity index (χ1v) is 25.0. The van der Waals surface area contributed by atoms with Gasteiger partial charge in [0.05, 0.1) is 27.7 Å². The summed E-state index contributed by atoms with van der Waals surface area (Å²) in [6.45, 7) is 4.13. The minimum absolute atomic E-state index is 0.0410. The number of carbonyl (C=O) groups is 2. The van der Waals surface area contributed by atoms with E-state index in [1.165, 1.54) is 160 Å². The summed E-state index contributed by atoms with van der Waals surface area (Å²) in [5.74, 6) is -1.08. The van der Waals surface area contributed by atoms with Crippen molar-refractivity contribution in [3.05, 3.63) is 24.3 Å². The quantitative estimate of drug-likeness (QED) is 0.0149. The molecule has 0 radical (unpaired) electrons. The minimum Gasteiger partial charge on any atom is -0.756 e. The number of nitrogens with zero attached hydrogens (tertiary/aromatic N) is 1. The van der Waals surface area contributed by atoms with Crippen molar-refractivity contribution in [2.75, 3.05) is 47.5 Å². The average molecular weight is 828 g/mol. The van der Waals surface area contributed by atoms with Crippen LogP contribution in [-0.4, -0.2) is 70.0 Å². The fourth-order valence-electron chi connectivity index (χ4n) is 6.63. The molecule has 0 aliphatic rings. The van der Waals surface area contributed by atoms with E-state index in [0.29, 0.717) is 17.4 Å². The Kier molecular flexibility index (Phi) is 38.9. The number of ether oxygens (including phenoxy) is 2. The van der Waals surface area contributed by atoms with E-state index in [1.54, 1.807) is 6.08 Å². The number of unbranched alkanes of at least 4 members (excludes halogenated alkanes) is 28. The third kappa shape index (κ3) is 43.9. The van der Waals surface area contributed by atoms with Crippen molar-refractivity contribution in [2.24, 2.45) is 0 Å². The summed E-state index contributed by atoms with van der Waals surface area (Å²) in [5.41, 5.74) is 0. The van der Waals surface area contributed by atoms with E-state index < -0.39 is 32.5 Å². The number of hydrogen-bond acceptors (Lipinski definition) is 8. The van der Waals surface area contributed by atoms with E-state index in [-0.39, 0.29) is 19.6 Å². The van der Waals surface area contributed by atoms with Crippen LogP contribution in [0.25, 0.3) is 0 Å². The zero-order valence-electron chi connectivity index (χ0n) is 37.8. The Bertz CT molecular complexity index is 1030. The van der Waals surface area contributed by atoms with Gasteiger partial charge in [-0.15, -0.1) is 0 Å². The Labute approximate surface area is 351 Å². The predicted molar refractivity (Wildman–Crippen MR) is 236 cm³/mol. The third-order valence-corrected chi connectivity index (χ3v) is 11.3. The van der Waals surface area contributed by atoms with Crippen LogP contribution in [0.15, 0.2) is 24.3 Å². The van der Waals surface area contributed by atoms with Gasteiger partial charge in [-0.1, -0.05) is 205 Å². The predicted octanol–water partition coefficient (Wildman–Crippen LogP) is 12.9. The number of allylic oxidation sites excluding steroid dienone is 3. The topological polar surface area (TPSA) is 111 Å². The summed E-state index contributed by atoms with van der Waals surface area (Å²) in [5, 5.41) is 0. The molecule has 10 heteroatoms. The molecule has 0 aromatic rings. The van der Waals surface area contributed by atoms with Gasteiger partial charge in [0.1, 0.15) is 19.8 Å². The lowest BCUT2D eigenvalue weighted by Crippen LogP contribution is -2.37. The van der Waals surface area contributed by atoms with Crippen molar-refractivity contribution in [1.29, 1.82) is 0 Å². The molecule has 0 fully saturated rings. The van der Waals surface area contributed by atoms with Crippen LogP contribution in [0.4, 0.5) is 0 Å². The van der Waals surface area contributed by atoms with Crippen molar-refractivity contribution >= 4 is 19.8 Å². The van der Waals surface area contributed by atoms with E-state index in [9.17, 15) is 19.0 Å². The van der Waals surface area contributed by atoms with Crippen LogP contribution in [0.5, 0.6) is 0 Å². The molecule has 0 saturated carbocycles. The molecule has 9 nitrogen and oxygen atoms in total. The first-order chi connectivity index (χ1) is 27.5. The standard InChI is InChI=1S/C47H90NO8P/c1-6-8-10-12-14-16-18-20-22-23-24-26-28-30-32-34-36-38-40-47(50)56-45(44-55-57(51,52)54-42-41-48(3,4)5)43-53-46(49)39-37-35-33-31-29-27-25-21-19-17-15-13-11-9-7-2/h33,35,37,39,45H,6-32,34,36,38,40-44H2,1-5H3/b35-33+,39-37+/t45-/m1/s1. The minimum atomic E-state index is -4.64.